The number of nitrogens with zero attached hydrogens (tertiary/aromatic N) is 2. The molecule has 28 heavy (non-hydrogen) atoms. The lowest BCUT2D eigenvalue weighted by Crippen LogP contribution is -2.31. The van der Waals surface area contributed by atoms with Crippen LogP contribution in [-0.2, 0) is 6.42 Å². The van der Waals surface area contributed by atoms with E-state index in [0.29, 0.717) is 13.0 Å². The van der Waals surface area contributed by atoms with Crippen molar-refractivity contribution >= 4 is 16.8 Å². The highest BCUT2D eigenvalue weighted by Crippen LogP contribution is 2.40. The number of rotatable bonds is 6. The average Bonchev–Trinajstić information content (AvgIpc) is 3.39. The molecule has 2 heterocycles. The Morgan fingerprint density at radius 1 is 1.43 bits per heavy atom. The van der Waals surface area contributed by atoms with Crippen LogP contribution >= 0.6 is 0 Å². The number of benzene rings is 1. The molecule has 4 rings (SSSR count). The summed E-state index contributed by atoms with van der Waals surface area (Å²) in [6, 6.07) is 0.842. The number of hydrogen-bond donors (Lipinski definition) is 2. The van der Waals surface area contributed by atoms with Gasteiger partial charge >= 0.3 is 0 Å². The smallest absolute Gasteiger partial charge is 0.256 e. The summed E-state index contributed by atoms with van der Waals surface area (Å²) >= 11 is 0. The van der Waals surface area contributed by atoms with Crippen LogP contribution in [0.3, 0.4) is 0 Å². The molecule has 146 valence electrons. The van der Waals surface area contributed by atoms with E-state index in [1.54, 1.807) is 10.8 Å². The molecule has 0 spiro atoms. The Morgan fingerprint density at radius 2 is 2.21 bits per heavy atom. The SMILES string of the molecule is COc1c(F)c(F)cc2c(=O)c(C(=O)NCCc3cnc[nH]3)cn(C3CC3)c12. The van der Waals surface area contributed by atoms with Crippen LogP contribution in [-0.4, -0.2) is 34.1 Å². The first-order chi connectivity index (χ1) is 13.5. The lowest BCUT2D eigenvalue weighted by atomic mass is 10.1. The maximum atomic E-state index is 14.2. The summed E-state index contributed by atoms with van der Waals surface area (Å²) in [6.07, 6.45) is 6.75. The van der Waals surface area contributed by atoms with Crippen LogP contribution in [0.1, 0.15) is 34.9 Å². The summed E-state index contributed by atoms with van der Waals surface area (Å²) in [5.41, 5.74) is 0.236. The molecule has 1 fully saturated rings. The standard InChI is InChI=1S/C19H18F2N4O3/c1-28-18-15(21)14(20)6-12-16(18)25(11-2-3-11)8-13(17(12)26)19(27)23-5-4-10-7-22-9-24-10/h6-9,11H,2-5H2,1H3,(H,22,24)(H,23,27). The molecule has 0 atom stereocenters. The summed E-state index contributed by atoms with van der Waals surface area (Å²) in [5.74, 6) is -3.24. The number of pyridine rings is 1. The first kappa shape index (κ1) is 18.1. The normalized spacial score (nSPS) is 13.7. The molecule has 0 bridgehead atoms. The van der Waals surface area contributed by atoms with Crippen LogP contribution in [0.15, 0.2) is 29.6 Å². The number of fused-ring (bicyclic) bond motifs is 1. The minimum absolute atomic E-state index is 0.0124. The van der Waals surface area contributed by atoms with Gasteiger partial charge in [0.1, 0.15) is 5.56 Å². The number of H-pyrrole nitrogens is 1. The van der Waals surface area contributed by atoms with Crippen molar-refractivity contribution in [3.63, 3.8) is 0 Å². The third-order valence-electron chi connectivity index (χ3n) is 4.79. The van der Waals surface area contributed by atoms with Gasteiger partial charge in [0.05, 0.1) is 24.3 Å². The first-order valence-electron chi connectivity index (χ1n) is 8.87. The largest absolute Gasteiger partial charge is 0.491 e. The molecule has 1 aromatic carbocycles. The fourth-order valence-corrected chi connectivity index (χ4v) is 3.25. The molecular formula is C19H18F2N4O3. The Labute approximate surface area is 158 Å². The van der Waals surface area contributed by atoms with Gasteiger partial charge in [-0.3, -0.25) is 9.59 Å². The van der Waals surface area contributed by atoms with Gasteiger partial charge in [-0.05, 0) is 18.9 Å². The van der Waals surface area contributed by atoms with E-state index >= 15 is 0 Å². The Kier molecular flexibility index (Phi) is 4.58. The molecule has 0 unspecified atom stereocenters. The number of ether oxygens (including phenoxy) is 1. The second-order valence-corrected chi connectivity index (χ2v) is 6.69. The summed E-state index contributed by atoms with van der Waals surface area (Å²) < 4.78 is 34.9. The van der Waals surface area contributed by atoms with Crippen molar-refractivity contribution in [1.29, 1.82) is 0 Å². The highest BCUT2D eigenvalue weighted by Gasteiger charge is 2.30. The molecular weight excluding hydrogens is 370 g/mol. The molecule has 1 aliphatic carbocycles. The molecule has 0 radical (unpaired) electrons. The Bertz CT molecular complexity index is 1100. The number of halogens is 2. The van der Waals surface area contributed by atoms with E-state index in [4.69, 9.17) is 4.74 Å². The average molecular weight is 388 g/mol. The fourth-order valence-electron chi connectivity index (χ4n) is 3.25. The van der Waals surface area contributed by atoms with Gasteiger partial charge in [-0.15, -0.1) is 0 Å². The summed E-state index contributed by atoms with van der Waals surface area (Å²) in [5, 5.41) is 2.61. The van der Waals surface area contributed by atoms with Crippen LogP contribution in [0.2, 0.25) is 0 Å². The predicted octanol–water partition coefficient (Wildman–Crippen LogP) is 2.32. The summed E-state index contributed by atoms with van der Waals surface area (Å²) in [6.45, 7) is 0.295. The van der Waals surface area contributed by atoms with E-state index in [0.717, 1.165) is 24.6 Å². The molecule has 1 saturated carbocycles. The van der Waals surface area contributed by atoms with Crippen LogP contribution in [0.25, 0.3) is 10.9 Å². The molecule has 1 amide bonds. The minimum atomic E-state index is -1.19. The maximum Gasteiger partial charge on any atom is 0.256 e. The minimum Gasteiger partial charge on any atom is -0.491 e. The van der Waals surface area contributed by atoms with Gasteiger partial charge in [0.2, 0.25) is 11.2 Å². The van der Waals surface area contributed by atoms with Crippen LogP contribution in [0.5, 0.6) is 5.75 Å². The summed E-state index contributed by atoms with van der Waals surface area (Å²) in [7, 11) is 1.22. The van der Waals surface area contributed by atoms with Gasteiger partial charge in [-0.2, -0.15) is 4.39 Å². The predicted molar refractivity (Wildman–Crippen MR) is 97.6 cm³/mol. The number of nitrogens with one attached hydrogen (secondary N) is 2. The van der Waals surface area contributed by atoms with Crippen LogP contribution in [0.4, 0.5) is 8.78 Å². The van der Waals surface area contributed by atoms with Crippen LogP contribution in [0, 0.1) is 11.6 Å². The van der Waals surface area contributed by atoms with E-state index in [2.05, 4.69) is 15.3 Å². The number of carbonyl (C=O) groups is 1. The zero-order valence-electron chi connectivity index (χ0n) is 15.1. The molecule has 0 aliphatic heterocycles. The highest BCUT2D eigenvalue weighted by molar-refractivity contribution is 5.98. The number of carbonyl (C=O) groups excluding carboxylic acids is 1. The highest BCUT2D eigenvalue weighted by atomic mass is 19.2. The molecule has 1 aliphatic rings. The zero-order valence-corrected chi connectivity index (χ0v) is 15.1. The van der Waals surface area contributed by atoms with E-state index < -0.39 is 23.0 Å². The monoisotopic (exact) mass is 388 g/mol. The van der Waals surface area contributed by atoms with Crippen molar-refractivity contribution in [1.82, 2.24) is 19.9 Å². The van der Waals surface area contributed by atoms with Gasteiger partial charge in [-0.1, -0.05) is 0 Å². The molecule has 9 heteroatoms. The van der Waals surface area contributed by atoms with Crippen molar-refractivity contribution in [2.24, 2.45) is 0 Å². The third-order valence-corrected chi connectivity index (χ3v) is 4.79. The van der Waals surface area contributed by atoms with E-state index in [9.17, 15) is 18.4 Å². The zero-order chi connectivity index (χ0) is 19.8. The Morgan fingerprint density at radius 3 is 2.86 bits per heavy atom. The molecule has 0 saturated heterocycles. The van der Waals surface area contributed by atoms with E-state index in [-0.39, 0.29) is 28.3 Å². The number of imidazole rings is 1. The number of amides is 1. The van der Waals surface area contributed by atoms with Crippen molar-refractivity contribution < 1.29 is 18.3 Å². The van der Waals surface area contributed by atoms with Gasteiger partial charge in [0.15, 0.2) is 11.6 Å². The Balaban J connectivity index is 1.75. The molecule has 7 nitrogen and oxygen atoms in total. The molecule has 3 aromatic rings. The topological polar surface area (TPSA) is 89.0 Å². The molecule has 2 aromatic heterocycles. The van der Waals surface area contributed by atoms with Gasteiger partial charge in [0.25, 0.3) is 5.91 Å². The third kappa shape index (κ3) is 3.12. The lowest BCUT2D eigenvalue weighted by Gasteiger charge is -2.16. The van der Waals surface area contributed by atoms with Crippen molar-refractivity contribution in [2.75, 3.05) is 13.7 Å². The van der Waals surface area contributed by atoms with Gasteiger partial charge in [0, 0.05) is 37.1 Å². The Hall–Kier alpha value is -3.23. The van der Waals surface area contributed by atoms with Gasteiger partial charge < -0.3 is 19.6 Å². The lowest BCUT2D eigenvalue weighted by molar-refractivity contribution is 0.0952. The van der Waals surface area contributed by atoms with Crippen molar-refractivity contribution in [2.45, 2.75) is 25.3 Å². The maximum absolute atomic E-state index is 14.2. The first-order valence-corrected chi connectivity index (χ1v) is 8.87. The second-order valence-electron chi connectivity index (χ2n) is 6.69. The number of aromatic amines is 1. The second kappa shape index (κ2) is 7.06. The summed E-state index contributed by atoms with van der Waals surface area (Å²) in [4.78, 5) is 32.3. The van der Waals surface area contributed by atoms with Crippen molar-refractivity contribution in [3.8, 4) is 5.75 Å². The quantitative estimate of drug-likeness (QED) is 0.678. The number of aromatic nitrogens is 3. The molecule has 2 N–H and O–H groups in total. The fraction of sp³-hybridized carbons (Fsp3) is 0.316. The van der Waals surface area contributed by atoms with Gasteiger partial charge in [-0.25, -0.2) is 9.37 Å². The van der Waals surface area contributed by atoms with E-state index in [1.165, 1.54) is 19.6 Å². The number of hydrogen-bond acceptors (Lipinski definition) is 4. The number of methoxy groups -OCH3 is 1. The van der Waals surface area contributed by atoms with E-state index in [1.807, 2.05) is 0 Å². The van der Waals surface area contributed by atoms with Crippen molar-refractivity contribution in [3.05, 3.63) is 57.9 Å². The van der Waals surface area contributed by atoms with Crippen LogP contribution < -0.4 is 15.5 Å².